The maximum Gasteiger partial charge on any atom is 0.222 e. The molecule has 1 aliphatic heterocycles. The van der Waals surface area contributed by atoms with E-state index in [4.69, 9.17) is 0 Å². The van der Waals surface area contributed by atoms with Gasteiger partial charge in [0.05, 0.1) is 6.20 Å². The van der Waals surface area contributed by atoms with Crippen LogP contribution < -0.4 is 4.90 Å². The first-order valence-corrected chi connectivity index (χ1v) is 11.7. The van der Waals surface area contributed by atoms with Crippen LogP contribution in [0.4, 0.5) is 14.6 Å². The zero-order valence-electron chi connectivity index (χ0n) is 20.7. The number of aliphatic imine (C=N–C) groups is 2. The smallest absolute Gasteiger partial charge is 0.222 e. The summed E-state index contributed by atoms with van der Waals surface area (Å²) in [6.07, 6.45) is 3.52. The molecular weight excluding hydrogens is 462 g/mol. The number of halogens is 2. The number of nitrogens with zero attached hydrogens (tertiary/aromatic N) is 6. The van der Waals surface area contributed by atoms with Crippen molar-refractivity contribution in [3.05, 3.63) is 89.9 Å². The van der Waals surface area contributed by atoms with Gasteiger partial charge in [-0.05, 0) is 48.9 Å². The summed E-state index contributed by atoms with van der Waals surface area (Å²) in [6, 6.07) is 14.7. The third kappa shape index (κ3) is 7.49. The first-order chi connectivity index (χ1) is 17.4. The number of amidine groups is 1. The average molecular weight is 493 g/mol. The molecule has 1 saturated heterocycles. The molecule has 1 aliphatic rings. The van der Waals surface area contributed by atoms with Crippen molar-refractivity contribution in [3.63, 3.8) is 0 Å². The lowest BCUT2D eigenvalue weighted by molar-refractivity contribution is -0.131. The van der Waals surface area contributed by atoms with Crippen LogP contribution in [0, 0.1) is 11.6 Å². The van der Waals surface area contributed by atoms with Crippen molar-refractivity contribution in [3.8, 4) is 0 Å². The van der Waals surface area contributed by atoms with Gasteiger partial charge in [-0.1, -0.05) is 25.1 Å². The summed E-state index contributed by atoms with van der Waals surface area (Å²) in [5, 5.41) is 0. The molecule has 9 heteroatoms. The van der Waals surface area contributed by atoms with E-state index in [0.717, 1.165) is 43.8 Å². The lowest BCUT2D eigenvalue weighted by Crippen LogP contribution is -2.48. The highest BCUT2D eigenvalue weighted by molar-refractivity contribution is 6.10. The number of piperazine rings is 1. The second-order valence-electron chi connectivity index (χ2n) is 8.02. The first kappa shape index (κ1) is 26.6. The van der Waals surface area contributed by atoms with Crippen molar-refractivity contribution in [1.82, 2.24) is 14.9 Å². The predicted octanol–water partition coefficient (Wildman–Crippen LogP) is 4.39. The number of benzene rings is 1. The molecular formula is C27H30F2N6O. The molecule has 3 aromatic rings. The van der Waals surface area contributed by atoms with Crippen molar-refractivity contribution in [2.24, 2.45) is 9.98 Å². The minimum Gasteiger partial charge on any atom is -0.353 e. The normalized spacial score (nSPS) is 14.2. The summed E-state index contributed by atoms with van der Waals surface area (Å²) in [7, 11) is 1.59. The Morgan fingerprint density at radius 1 is 0.944 bits per heavy atom. The molecule has 0 N–H and O–H groups in total. The summed E-state index contributed by atoms with van der Waals surface area (Å²) in [5.41, 5.74) is 1.95. The topological polar surface area (TPSA) is 74.1 Å². The number of carbonyl (C=O) groups is 1. The van der Waals surface area contributed by atoms with Crippen LogP contribution in [0.25, 0.3) is 0 Å². The highest BCUT2D eigenvalue weighted by atomic mass is 19.1. The molecule has 4 rings (SSSR count). The van der Waals surface area contributed by atoms with E-state index in [0.29, 0.717) is 23.7 Å². The van der Waals surface area contributed by atoms with Crippen molar-refractivity contribution >= 4 is 23.3 Å². The molecule has 1 amide bonds. The Kier molecular flexibility index (Phi) is 9.73. The first-order valence-electron chi connectivity index (χ1n) is 11.7. The summed E-state index contributed by atoms with van der Waals surface area (Å²) in [5.74, 6) is 0.938. The molecule has 0 spiro atoms. The molecule has 7 nitrogen and oxygen atoms in total. The Balaban J connectivity index is 0.000000205. The van der Waals surface area contributed by atoms with E-state index in [1.54, 1.807) is 32.3 Å². The predicted molar refractivity (Wildman–Crippen MR) is 139 cm³/mol. The van der Waals surface area contributed by atoms with Crippen molar-refractivity contribution in [2.45, 2.75) is 20.3 Å². The van der Waals surface area contributed by atoms with Gasteiger partial charge in [-0.25, -0.2) is 23.7 Å². The number of hydrogen-bond donors (Lipinski definition) is 0. The number of pyridine rings is 2. The van der Waals surface area contributed by atoms with E-state index in [9.17, 15) is 13.6 Å². The van der Waals surface area contributed by atoms with Gasteiger partial charge in [-0.15, -0.1) is 0 Å². The van der Waals surface area contributed by atoms with E-state index in [1.165, 1.54) is 24.3 Å². The molecule has 2 aromatic heterocycles. The summed E-state index contributed by atoms with van der Waals surface area (Å²) in [4.78, 5) is 32.3. The molecule has 0 aliphatic carbocycles. The van der Waals surface area contributed by atoms with Crippen molar-refractivity contribution in [2.75, 3.05) is 38.1 Å². The monoisotopic (exact) mass is 492 g/mol. The van der Waals surface area contributed by atoms with Crippen LogP contribution in [0.15, 0.2) is 77.0 Å². The highest BCUT2D eigenvalue weighted by Gasteiger charge is 2.20. The average Bonchev–Trinajstić information content (AvgIpc) is 2.93. The molecule has 1 fully saturated rings. The van der Waals surface area contributed by atoms with Crippen molar-refractivity contribution < 1.29 is 13.6 Å². The number of carbonyl (C=O) groups excluding carboxylic acids is 1. The highest BCUT2D eigenvalue weighted by Crippen LogP contribution is 2.13. The summed E-state index contributed by atoms with van der Waals surface area (Å²) >= 11 is 0. The van der Waals surface area contributed by atoms with Crippen LogP contribution in [0.3, 0.4) is 0 Å². The number of aromatic nitrogens is 2. The Morgan fingerprint density at radius 2 is 1.64 bits per heavy atom. The number of anilines is 1. The maximum absolute atomic E-state index is 12.9. The number of amides is 1. The molecule has 36 heavy (non-hydrogen) atoms. The van der Waals surface area contributed by atoms with Gasteiger partial charge in [0, 0.05) is 51.6 Å². The lowest BCUT2D eigenvalue weighted by atomic mass is 10.1. The van der Waals surface area contributed by atoms with Gasteiger partial charge in [0.1, 0.15) is 23.1 Å². The van der Waals surface area contributed by atoms with Crippen LogP contribution in [-0.2, 0) is 4.79 Å². The standard InChI is InChI=1S/C15H13F2N3.C12H17N3O/c1-10(11-3-5-12(16)6-4-11)20-15(18-2)14-8-7-13(17)9-19-14;1-2-12(16)15-9-7-14(8-10-15)11-5-3-4-6-13-11/h3-9H,1-2H3;3-6H,2,7-10H2,1H3. The minimum atomic E-state index is -0.413. The van der Waals surface area contributed by atoms with Gasteiger partial charge in [-0.2, -0.15) is 0 Å². The van der Waals surface area contributed by atoms with Gasteiger partial charge >= 0.3 is 0 Å². The fourth-order valence-corrected chi connectivity index (χ4v) is 3.59. The van der Waals surface area contributed by atoms with Gasteiger partial charge in [0.15, 0.2) is 5.84 Å². The van der Waals surface area contributed by atoms with E-state index >= 15 is 0 Å². The quantitative estimate of drug-likeness (QED) is 0.400. The Labute approximate surface area is 210 Å². The van der Waals surface area contributed by atoms with E-state index in [1.807, 2.05) is 30.0 Å². The van der Waals surface area contributed by atoms with Crippen LogP contribution in [-0.4, -0.2) is 65.5 Å². The maximum atomic E-state index is 12.9. The summed E-state index contributed by atoms with van der Waals surface area (Å²) in [6.45, 7) is 7.08. The van der Waals surface area contributed by atoms with E-state index in [-0.39, 0.29) is 11.7 Å². The van der Waals surface area contributed by atoms with Gasteiger partial charge in [0.25, 0.3) is 0 Å². The van der Waals surface area contributed by atoms with Crippen molar-refractivity contribution in [1.29, 1.82) is 0 Å². The van der Waals surface area contributed by atoms with Crippen LogP contribution in [0.5, 0.6) is 0 Å². The van der Waals surface area contributed by atoms with Crippen LogP contribution in [0.2, 0.25) is 0 Å². The van der Waals surface area contributed by atoms with E-state index in [2.05, 4.69) is 24.9 Å². The minimum absolute atomic E-state index is 0.251. The fraction of sp³-hybridized carbons (Fsp3) is 0.296. The third-order valence-electron chi connectivity index (χ3n) is 5.61. The molecule has 0 atom stereocenters. The molecule has 3 heterocycles. The number of rotatable bonds is 4. The molecule has 188 valence electrons. The number of hydrogen-bond acceptors (Lipinski definition) is 5. The summed E-state index contributed by atoms with van der Waals surface area (Å²) < 4.78 is 25.7. The van der Waals surface area contributed by atoms with Gasteiger partial charge < -0.3 is 9.80 Å². The Hall–Kier alpha value is -4.01. The SMILES string of the molecule is CCC(=O)N1CCN(c2ccccn2)CC1.CN=C(N=C(C)c1ccc(F)cc1)c1ccc(F)cn1. The molecule has 0 unspecified atom stereocenters. The van der Waals surface area contributed by atoms with Gasteiger partial charge in [-0.3, -0.25) is 9.79 Å². The Morgan fingerprint density at radius 3 is 2.19 bits per heavy atom. The zero-order valence-corrected chi connectivity index (χ0v) is 20.7. The van der Waals surface area contributed by atoms with Gasteiger partial charge in [0.2, 0.25) is 5.91 Å². The largest absolute Gasteiger partial charge is 0.353 e. The van der Waals surface area contributed by atoms with E-state index < -0.39 is 5.82 Å². The van der Waals surface area contributed by atoms with Crippen LogP contribution in [0.1, 0.15) is 31.5 Å². The Bertz CT molecular complexity index is 1170. The molecule has 0 saturated carbocycles. The molecule has 0 radical (unpaired) electrons. The van der Waals surface area contributed by atoms with Crippen LogP contribution >= 0.6 is 0 Å². The second-order valence-corrected chi connectivity index (χ2v) is 8.02. The molecule has 1 aromatic carbocycles. The lowest BCUT2D eigenvalue weighted by Gasteiger charge is -2.35. The third-order valence-corrected chi connectivity index (χ3v) is 5.61. The zero-order chi connectivity index (χ0) is 25.9. The molecule has 0 bridgehead atoms. The fourth-order valence-electron chi connectivity index (χ4n) is 3.59. The second kappa shape index (κ2) is 13.2.